The van der Waals surface area contributed by atoms with E-state index in [1.807, 2.05) is 18.2 Å². The van der Waals surface area contributed by atoms with Crippen molar-refractivity contribution in [1.82, 2.24) is 4.98 Å². The van der Waals surface area contributed by atoms with Crippen LogP contribution in [0.2, 0.25) is 0 Å². The number of Topliss-reactive ketones (excluding diaryl/α,β-unsaturated/α-hetero) is 1. The number of carbonyl (C=O) groups is 1. The number of carbonyl (C=O) groups excluding carboxylic acids is 1. The van der Waals surface area contributed by atoms with Gasteiger partial charge in [-0.05, 0) is 37.5 Å². The second-order valence-electron chi connectivity index (χ2n) is 3.71. The minimum atomic E-state index is 0.246. The summed E-state index contributed by atoms with van der Waals surface area (Å²) in [5.41, 5.74) is 2.89. The molecule has 1 aromatic carbocycles. The van der Waals surface area contributed by atoms with Crippen LogP contribution in [0.4, 0.5) is 0 Å². The van der Waals surface area contributed by atoms with Crippen LogP contribution in [0, 0.1) is 0 Å². The van der Waals surface area contributed by atoms with Crippen molar-refractivity contribution < 1.29 is 9.21 Å². The Balaban J connectivity index is 2.04. The van der Waals surface area contributed by atoms with Gasteiger partial charge in [-0.15, -0.1) is 0 Å². The summed E-state index contributed by atoms with van der Waals surface area (Å²) < 4.78 is 5.21. The first-order chi connectivity index (χ1) is 7.25. The van der Waals surface area contributed by atoms with E-state index in [9.17, 15) is 4.79 Å². The highest BCUT2D eigenvalue weighted by Gasteiger charge is 2.01. The van der Waals surface area contributed by atoms with Crippen LogP contribution >= 0.6 is 0 Å². The summed E-state index contributed by atoms with van der Waals surface area (Å²) in [5, 5.41) is 0. The Morgan fingerprint density at radius 3 is 3.13 bits per heavy atom. The third-order valence-electron chi connectivity index (χ3n) is 2.39. The van der Waals surface area contributed by atoms with Crippen molar-refractivity contribution in [3.8, 4) is 0 Å². The highest BCUT2D eigenvalue weighted by atomic mass is 16.3. The molecule has 0 aliphatic carbocycles. The molecule has 0 saturated carbocycles. The standard InChI is InChI=1S/C12H13NO2/c1-9(14)3-2-4-10-5-6-11-12(7-10)15-8-13-11/h5-8H,2-4H2,1H3. The van der Waals surface area contributed by atoms with Gasteiger partial charge < -0.3 is 9.21 Å². The highest BCUT2D eigenvalue weighted by Crippen LogP contribution is 2.15. The second-order valence-corrected chi connectivity index (χ2v) is 3.71. The van der Waals surface area contributed by atoms with Gasteiger partial charge in [0.15, 0.2) is 12.0 Å². The number of ketones is 1. The van der Waals surface area contributed by atoms with E-state index in [2.05, 4.69) is 4.98 Å². The van der Waals surface area contributed by atoms with Crippen molar-refractivity contribution in [2.45, 2.75) is 26.2 Å². The quantitative estimate of drug-likeness (QED) is 0.767. The molecule has 0 amide bonds. The van der Waals surface area contributed by atoms with Crippen molar-refractivity contribution in [3.05, 3.63) is 30.2 Å². The summed E-state index contributed by atoms with van der Waals surface area (Å²) in [5.74, 6) is 0.246. The molecule has 0 bridgehead atoms. The Bertz CT molecular complexity index is 473. The summed E-state index contributed by atoms with van der Waals surface area (Å²) in [6.07, 6.45) is 3.91. The number of hydrogen-bond acceptors (Lipinski definition) is 3. The van der Waals surface area contributed by atoms with Gasteiger partial charge in [0.25, 0.3) is 0 Å². The van der Waals surface area contributed by atoms with Gasteiger partial charge in [0, 0.05) is 6.42 Å². The third kappa shape index (κ3) is 2.43. The molecule has 0 radical (unpaired) electrons. The molecule has 0 spiro atoms. The number of rotatable bonds is 4. The first kappa shape index (κ1) is 9.90. The fourth-order valence-corrected chi connectivity index (χ4v) is 1.60. The van der Waals surface area contributed by atoms with Gasteiger partial charge in [-0.2, -0.15) is 0 Å². The Morgan fingerprint density at radius 1 is 1.47 bits per heavy atom. The van der Waals surface area contributed by atoms with Crippen LogP contribution in [-0.4, -0.2) is 10.8 Å². The van der Waals surface area contributed by atoms with Crippen molar-refractivity contribution in [3.63, 3.8) is 0 Å². The molecule has 1 heterocycles. The molecule has 2 rings (SSSR count). The zero-order valence-electron chi connectivity index (χ0n) is 8.69. The van der Waals surface area contributed by atoms with Crippen molar-refractivity contribution in [2.75, 3.05) is 0 Å². The van der Waals surface area contributed by atoms with E-state index in [-0.39, 0.29) is 5.78 Å². The van der Waals surface area contributed by atoms with Crippen LogP contribution in [0.5, 0.6) is 0 Å². The van der Waals surface area contributed by atoms with Crippen LogP contribution < -0.4 is 0 Å². The van der Waals surface area contributed by atoms with Gasteiger partial charge in [0.1, 0.15) is 11.3 Å². The van der Waals surface area contributed by atoms with Gasteiger partial charge in [-0.25, -0.2) is 4.98 Å². The fourth-order valence-electron chi connectivity index (χ4n) is 1.60. The molecule has 0 atom stereocenters. The number of fused-ring (bicyclic) bond motifs is 1. The second kappa shape index (κ2) is 4.26. The molecular formula is C12H13NO2. The molecule has 0 aliphatic heterocycles. The van der Waals surface area contributed by atoms with Gasteiger partial charge >= 0.3 is 0 Å². The smallest absolute Gasteiger partial charge is 0.181 e. The first-order valence-electron chi connectivity index (χ1n) is 5.07. The molecule has 1 aromatic heterocycles. The molecule has 3 nitrogen and oxygen atoms in total. The van der Waals surface area contributed by atoms with Crippen LogP contribution in [-0.2, 0) is 11.2 Å². The van der Waals surface area contributed by atoms with Gasteiger partial charge in [-0.3, -0.25) is 0 Å². The lowest BCUT2D eigenvalue weighted by atomic mass is 10.1. The predicted molar refractivity (Wildman–Crippen MR) is 57.6 cm³/mol. The molecule has 2 aromatic rings. The maximum absolute atomic E-state index is 10.8. The molecule has 0 N–H and O–H groups in total. The molecule has 3 heteroatoms. The summed E-state index contributed by atoms with van der Waals surface area (Å²) in [6, 6.07) is 5.97. The van der Waals surface area contributed by atoms with E-state index in [0.29, 0.717) is 6.42 Å². The summed E-state index contributed by atoms with van der Waals surface area (Å²) in [6.45, 7) is 1.62. The molecule has 78 valence electrons. The number of hydrogen-bond donors (Lipinski definition) is 0. The minimum absolute atomic E-state index is 0.246. The number of aryl methyl sites for hydroxylation is 1. The lowest BCUT2D eigenvalue weighted by molar-refractivity contribution is -0.117. The Hall–Kier alpha value is -1.64. The summed E-state index contributed by atoms with van der Waals surface area (Å²) in [4.78, 5) is 14.8. The number of benzene rings is 1. The highest BCUT2D eigenvalue weighted by molar-refractivity contribution is 5.75. The first-order valence-corrected chi connectivity index (χ1v) is 5.07. The van der Waals surface area contributed by atoms with Gasteiger partial charge in [0.2, 0.25) is 0 Å². The largest absolute Gasteiger partial charge is 0.443 e. The molecule has 0 fully saturated rings. The maximum Gasteiger partial charge on any atom is 0.181 e. The Kier molecular flexibility index (Phi) is 2.81. The number of oxazole rings is 1. The molecule has 0 saturated heterocycles. The van der Waals surface area contributed by atoms with Crippen LogP contribution in [0.1, 0.15) is 25.3 Å². The van der Waals surface area contributed by atoms with E-state index >= 15 is 0 Å². The normalized spacial score (nSPS) is 10.7. The summed E-state index contributed by atoms with van der Waals surface area (Å²) >= 11 is 0. The van der Waals surface area contributed by atoms with Crippen LogP contribution in [0.15, 0.2) is 29.0 Å². The molecule has 15 heavy (non-hydrogen) atoms. The van der Waals surface area contributed by atoms with Gasteiger partial charge in [-0.1, -0.05) is 6.07 Å². The van der Waals surface area contributed by atoms with E-state index in [1.165, 1.54) is 12.0 Å². The van der Waals surface area contributed by atoms with Gasteiger partial charge in [0.05, 0.1) is 0 Å². The molecule has 0 aliphatic rings. The van der Waals surface area contributed by atoms with E-state index in [0.717, 1.165) is 23.9 Å². The van der Waals surface area contributed by atoms with Crippen molar-refractivity contribution >= 4 is 16.9 Å². The topological polar surface area (TPSA) is 43.1 Å². The Labute approximate surface area is 88.1 Å². The molecular weight excluding hydrogens is 190 g/mol. The zero-order chi connectivity index (χ0) is 10.7. The predicted octanol–water partition coefficient (Wildman–Crippen LogP) is 2.74. The third-order valence-corrected chi connectivity index (χ3v) is 2.39. The number of aromatic nitrogens is 1. The molecule has 0 unspecified atom stereocenters. The Morgan fingerprint density at radius 2 is 2.33 bits per heavy atom. The van der Waals surface area contributed by atoms with Crippen LogP contribution in [0.3, 0.4) is 0 Å². The van der Waals surface area contributed by atoms with E-state index < -0.39 is 0 Å². The fraction of sp³-hybridized carbons (Fsp3) is 0.333. The average molecular weight is 203 g/mol. The van der Waals surface area contributed by atoms with Crippen molar-refractivity contribution in [2.24, 2.45) is 0 Å². The van der Waals surface area contributed by atoms with Crippen LogP contribution in [0.25, 0.3) is 11.1 Å². The number of nitrogens with zero attached hydrogens (tertiary/aromatic N) is 1. The minimum Gasteiger partial charge on any atom is -0.443 e. The lowest BCUT2D eigenvalue weighted by Gasteiger charge is -1.99. The van der Waals surface area contributed by atoms with E-state index in [1.54, 1.807) is 6.92 Å². The maximum atomic E-state index is 10.8. The zero-order valence-corrected chi connectivity index (χ0v) is 8.69. The lowest BCUT2D eigenvalue weighted by Crippen LogP contribution is -1.92. The average Bonchev–Trinajstić information content (AvgIpc) is 2.64. The monoisotopic (exact) mass is 203 g/mol. The van der Waals surface area contributed by atoms with Crippen molar-refractivity contribution in [1.29, 1.82) is 0 Å². The SMILES string of the molecule is CC(=O)CCCc1ccc2ncoc2c1. The summed E-state index contributed by atoms with van der Waals surface area (Å²) in [7, 11) is 0. The van der Waals surface area contributed by atoms with E-state index in [4.69, 9.17) is 4.42 Å².